The second-order valence-corrected chi connectivity index (χ2v) is 4.49. The van der Waals surface area contributed by atoms with Crippen molar-refractivity contribution >= 4 is 23.1 Å². The van der Waals surface area contributed by atoms with Gasteiger partial charge < -0.3 is 10.6 Å². The van der Waals surface area contributed by atoms with E-state index in [-0.39, 0.29) is 11.9 Å². The normalized spacial score (nSPS) is 11.7. The summed E-state index contributed by atoms with van der Waals surface area (Å²) in [5.74, 6) is 0.441. The van der Waals surface area contributed by atoms with Crippen LogP contribution in [0.2, 0.25) is 0 Å². The predicted molar refractivity (Wildman–Crippen MR) is 78.4 cm³/mol. The van der Waals surface area contributed by atoms with Crippen LogP contribution in [0.1, 0.15) is 18.5 Å². The van der Waals surface area contributed by atoms with E-state index in [1.54, 1.807) is 18.3 Å². The molecule has 1 unspecified atom stereocenters. The Labute approximate surface area is 116 Å². The Morgan fingerprint density at radius 2 is 1.95 bits per heavy atom. The molecule has 0 bridgehead atoms. The molecule has 3 nitrogen and oxygen atoms in total. The number of aromatic nitrogens is 1. The van der Waals surface area contributed by atoms with E-state index in [1.807, 2.05) is 25.1 Å². The Morgan fingerprint density at radius 1 is 1.21 bits per heavy atom. The zero-order valence-electron chi connectivity index (χ0n) is 10.4. The molecule has 2 N–H and O–H groups in total. The number of hydrogen-bond donors (Lipinski definition) is 2. The highest BCUT2D eigenvalue weighted by molar-refractivity contribution is 7.80. The molecule has 0 amide bonds. The van der Waals surface area contributed by atoms with Gasteiger partial charge in [0, 0.05) is 6.20 Å². The first-order valence-corrected chi connectivity index (χ1v) is 6.30. The van der Waals surface area contributed by atoms with Crippen LogP contribution in [0.3, 0.4) is 0 Å². The van der Waals surface area contributed by atoms with Crippen LogP contribution < -0.4 is 10.6 Å². The fourth-order valence-corrected chi connectivity index (χ4v) is 1.90. The van der Waals surface area contributed by atoms with Gasteiger partial charge in [-0.25, -0.2) is 9.37 Å². The van der Waals surface area contributed by atoms with Crippen LogP contribution in [-0.2, 0) is 0 Å². The number of hydrogen-bond acceptors (Lipinski definition) is 2. The molecule has 1 heterocycles. The van der Waals surface area contributed by atoms with E-state index in [0.717, 1.165) is 5.56 Å². The minimum atomic E-state index is -0.245. The monoisotopic (exact) mass is 275 g/mol. The molecule has 0 spiro atoms. The molecule has 0 saturated carbocycles. The topological polar surface area (TPSA) is 37.0 Å². The number of nitrogens with zero attached hydrogens (tertiary/aromatic N) is 1. The molecule has 1 aromatic carbocycles. The lowest BCUT2D eigenvalue weighted by molar-refractivity contribution is 0.624. The van der Waals surface area contributed by atoms with Crippen molar-refractivity contribution in [1.82, 2.24) is 10.3 Å². The van der Waals surface area contributed by atoms with Crippen molar-refractivity contribution in [1.29, 1.82) is 0 Å². The van der Waals surface area contributed by atoms with E-state index in [1.165, 1.54) is 12.1 Å². The summed E-state index contributed by atoms with van der Waals surface area (Å²) in [5.41, 5.74) is 0.964. The van der Waals surface area contributed by atoms with Crippen molar-refractivity contribution in [3.8, 4) is 0 Å². The largest absolute Gasteiger partial charge is 0.356 e. The molecule has 0 aliphatic rings. The molecule has 2 rings (SSSR count). The number of rotatable bonds is 3. The fourth-order valence-electron chi connectivity index (χ4n) is 1.62. The first-order valence-electron chi connectivity index (χ1n) is 5.89. The van der Waals surface area contributed by atoms with Crippen LogP contribution in [0.15, 0.2) is 48.7 Å². The third-order valence-electron chi connectivity index (χ3n) is 2.62. The lowest BCUT2D eigenvalue weighted by Crippen LogP contribution is -2.31. The summed E-state index contributed by atoms with van der Waals surface area (Å²) in [6.07, 6.45) is 1.69. The maximum Gasteiger partial charge on any atom is 0.172 e. The zero-order valence-corrected chi connectivity index (χ0v) is 11.2. The highest BCUT2D eigenvalue weighted by Crippen LogP contribution is 2.13. The lowest BCUT2D eigenvalue weighted by Gasteiger charge is -2.17. The first-order chi connectivity index (χ1) is 9.15. The van der Waals surface area contributed by atoms with Gasteiger partial charge in [0.15, 0.2) is 5.11 Å². The Hall–Kier alpha value is -2.01. The van der Waals surface area contributed by atoms with Crippen molar-refractivity contribution in [3.63, 3.8) is 0 Å². The van der Waals surface area contributed by atoms with Gasteiger partial charge in [-0.1, -0.05) is 18.2 Å². The van der Waals surface area contributed by atoms with Crippen LogP contribution in [0, 0.1) is 5.82 Å². The maximum atomic E-state index is 12.8. The summed E-state index contributed by atoms with van der Waals surface area (Å²) in [6.45, 7) is 1.96. The Bertz CT molecular complexity index is 542. The number of pyridine rings is 1. The Balaban J connectivity index is 1.93. The molecular weight excluding hydrogens is 261 g/mol. The van der Waals surface area contributed by atoms with Gasteiger partial charge in [-0.15, -0.1) is 0 Å². The van der Waals surface area contributed by atoms with Crippen molar-refractivity contribution in [2.45, 2.75) is 13.0 Å². The molecule has 0 fully saturated rings. The Kier molecular flexibility index (Phi) is 4.41. The SMILES string of the molecule is CC(NC(=S)Nc1ccccn1)c1ccc(F)cc1. The average Bonchev–Trinajstić information content (AvgIpc) is 2.40. The van der Waals surface area contributed by atoms with Gasteiger partial charge in [0.1, 0.15) is 11.6 Å². The summed E-state index contributed by atoms with van der Waals surface area (Å²) < 4.78 is 12.8. The molecule has 1 aromatic heterocycles. The molecule has 98 valence electrons. The van der Waals surface area contributed by atoms with Crippen LogP contribution in [0.5, 0.6) is 0 Å². The molecule has 1 atom stereocenters. The van der Waals surface area contributed by atoms with Crippen LogP contribution >= 0.6 is 12.2 Å². The summed E-state index contributed by atoms with van der Waals surface area (Å²) in [7, 11) is 0. The maximum absolute atomic E-state index is 12.8. The van der Waals surface area contributed by atoms with Crippen molar-refractivity contribution in [2.24, 2.45) is 0 Å². The van der Waals surface area contributed by atoms with Gasteiger partial charge in [-0.05, 0) is 49.0 Å². The van der Waals surface area contributed by atoms with Gasteiger partial charge in [0.05, 0.1) is 6.04 Å². The van der Waals surface area contributed by atoms with Crippen molar-refractivity contribution in [2.75, 3.05) is 5.32 Å². The molecule has 0 aliphatic heterocycles. The molecule has 2 aromatic rings. The van der Waals surface area contributed by atoms with Gasteiger partial charge in [0.25, 0.3) is 0 Å². The van der Waals surface area contributed by atoms with Gasteiger partial charge in [0.2, 0.25) is 0 Å². The Morgan fingerprint density at radius 3 is 2.58 bits per heavy atom. The van der Waals surface area contributed by atoms with E-state index >= 15 is 0 Å². The van der Waals surface area contributed by atoms with E-state index in [4.69, 9.17) is 12.2 Å². The minimum absolute atomic E-state index is 0.00990. The number of thiocarbonyl (C=S) groups is 1. The molecule has 5 heteroatoms. The number of halogens is 1. The summed E-state index contributed by atoms with van der Waals surface area (Å²) in [6, 6.07) is 11.9. The third-order valence-corrected chi connectivity index (χ3v) is 2.84. The van der Waals surface area contributed by atoms with Gasteiger partial charge >= 0.3 is 0 Å². The third kappa shape index (κ3) is 3.99. The highest BCUT2D eigenvalue weighted by atomic mass is 32.1. The fraction of sp³-hybridized carbons (Fsp3) is 0.143. The summed E-state index contributed by atoms with van der Waals surface area (Å²) in [5, 5.41) is 6.59. The average molecular weight is 275 g/mol. The van der Waals surface area contributed by atoms with Crippen molar-refractivity contribution in [3.05, 3.63) is 60.0 Å². The number of nitrogens with one attached hydrogen (secondary N) is 2. The first kappa shape index (κ1) is 13.4. The van der Waals surface area contributed by atoms with Crippen LogP contribution in [0.25, 0.3) is 0 Å². The predicted octanol–water partition coefficient (Wildman–Crippen LogP) is 3.27. The minimum Gasteiger partial charge on any atom is -0.356 e. The quantitative estimate of drug-likeness (QED) is 0.843. The molecule has 0 radical (unpaired) electrons. The molecular formula is C14H14FN3S. The van der Waals surface area contributed by atoms with E-state index in [0.29, 0.717) is 10.9 Å². The zero-order chi connectivity index (χ0) is 13.7. The molecule has 0 aliphatic carbocycles. The summed E-state index contributed by atoms with van der Waals surface area (Å²) in [4.78, 5) is 4.12. The highest BCUT2D eigenvalue weighted by Gasteiger charge is 2.07. The number of anilines is 1. The van der Waals surface area contributed by atoms with E-state index < -0.39 is 0 Å². The standard InChI is InChI=1S/C14H14FN3S/c1-10(11-5-7-12(15)8-6-11)17-14(19)18-13-4-2-3-9-16-13/h2-10H,1H3,(H2,16,17,18,19). The van der Waals surface area contributed by atoms with Crippen molar-refractivity contribution < 1.29 is 4.39 Å². The van der Waals surface area contributed by atoms with E-state index in [9.17, 15) is 4.39 Å². The van der Waals surface area contributed by atoms with E-state index in [2.05, 4.69) is 15.6 Å². The smallest absolute Gasteiger partial charge is 0.172 e. The number of benzene rings is 1. The van der Waals surface area contributed by atoms with Gasteiger partial charge in [-0.2, -0.15) is 0 Å². The lowest BCUT2D eigenvalue weighted by atomic mass is 10.1. The summed E-state index contributed by atoms with van der Waals surface area (Å²) >= 11 is 5.20. The van der Waals surface area contributed by atoms with Gasteiger partial charge in [-0.3, -0.25) is 0 Å². The molecule has 19 heavy (non-hydrogen) atoms. The van der Waals surface area contributed by atoms with Crippen LogP contribution in [-0.4, -0.2) is 10.1 Å². The second-order valence-electron chi connectivity index (χ2n) is 4.09. The second kappa shape index (κ2) is 6.24. The van der Waals surface area contributed by atoms with Crippen LogP contribution in [0.4, 0.5) is 10.2 Å². The molecule has 0 saturated heterocycles.